The van der Waals surface area contributed by atoms with Crippen LogP contribution in [0, 0.1) is 0 Å². The topological polar surface area (TPSA) is 34.0 Å². The molecule has 1 N–H and O–H groups in total. The Kier molecular flexibility index (Phi) is 2.75. The molecule has 0 saturated heterocycles. The molecule has 1 fully saturated rings. The Morgan fingerprint density at radius 1 is 1.60 bits per heavy atom. The number of hydrogen-bond acceptors (Lipinski definition) is 1. The van der Waals surface area contributed by atoms with Gasteiger partial charge in [-0.05, 0) is 25.3 Å². The predicted octanol–water partition coefficient (Wildman–Crippen LogP) is 1.65. The zero-order chi connectivity index (χ0) is 10.8. The second-order valence-corrected chi connectivity index (χ2v) is 4.15. The molecule has 2 atom stereocenters. The molecule has 1 aromatic heterocycles. The van der Waals surface area contributed by atoms with Crippen molar-refractivity contribution in [3.05, 3.63) is 24.0 Å². The lowest BCUT2D eigenvalue weighted by Crippen LogP contribution is -2.32. The summed E-state index contributed by atoms with van der Waals surface area (Å²) in [6.07, 6.45) is 4.61. The van der Waals surface area contributed by atoms with E-state index in [1.165, 1.54) is 0 Å². The zero-order valence-electron chi connectivity index (χ0n) is 8.74. The maximum absolute atomic E-state index is 12.9. The summed E-state index contributed by atoms with van der Waals surface area (Å²) in [4.78, 5) is 11.7. The van der Waals surface area contributed by atoms with Crippen molar-refractivity contribution >= 4 is 5.91 Å². The lowest BCUT2D eigenvalue weighted by molar-refractivity contribution is 0.0936. The van der Waals surface area contributed by atoms with Crippen LogP contribution in [0.5, 0.6) is 0 Å². The summed E-state index contributed by atoms with van der Waals surface area (Å²) in [5, 5.41) is 2.85. The van der Waals surface area contributed by atoms with E-state index in [-0.39, 0.29) is 11.9 Å². The van der Waals surface area contributed by atoms with Crippen molar-refractivity contribution in [2.24, 2.45) is 7.05 Å². The Bertz CT molecular complexity index is 361. The number of nitrogens with zero attached hydrogens (tertiary/aromatic N) is 1. The van der Waals surface area contributed by atoms with Crippen LogP contribution >= 0.6 is 0 Å². The number of carbonyl (C=O) groups is 1. The van der Waals surface area contributed by atoms with Crippen LogP contribution < -0.4 is 5.32 Å². The smallest absolute Gasteiger partial charge is 0.253 e. The standard InChI is InChI=1S/C11H15FN2O/c1-14-5-4-8(7-14)11(15)13-10-3-2-9(12)6-10/h4-5,7,9-10H,2-3,6H2,1H3,(H,13,15)/t9-,10+/m1/s1. The molecule has 0 bridgehead atoms. The zero-order valence-corrected chi connectivity index (χ0v) is 8.74. The number of halogens is 1. The monoisotopic (exact) mass is 210 g/mol. The van der Waals surface area contributed by atoms with E-state index in [2.05, 4.69) is 5.32 Å². The maximum Gasteiger partial charge on any atom is 0.253 e. The number of hydrogen-bond donors (Lipinski definition) is 1. The molecule has 1 aliphatic carbocycles. The average Bonchev–Trinajstić information content (AvgIpc) is 2.75. The molecule has 1 aromatic rings. The summed E-state index contributed by atoms with van der Waals surface area (Å²) in [5.41, 5.74) is 0.639. The van der Waals surface area contributed by atoms with E-state index < -0.39 is 6.17 Å². The lowest BCUT2D eigenvalue weighted by Gasteiger charge is -2.10. The first-order valence-corrected chi connectivity index (χ1v) is 5.22. The van der Waals surface area contributed by atoms with Crippen LogP contribution in [0.25, 0.3) is 0 Å². The summed E-state index contributed by atoms with van der Waals surface area (Å²) >= 11 is 0. The highest BCUT2D eigenvalue weighted by molar-refractivity contribution is 5.94. The fourth-order valence-electron chi connectivity index (χ4n) is 1.96. The quantitative estimate of drug-likeness (QED) is 0.791. The molecule has 0 unspecified atom stereocenters. The Labute approximate surface area is 88.3 Å². The number of carbonyl (C=O) groups excluding carboxylic acids is 1. The lowest BCUT2D eigenvalue weighted by atomic mass is 10.2. The van der Waals surface area contributed by atoms with E-state index in [1.807, 2.05) is 17.8 Å². The minimum atomic E-state index is -0.744. The third-order valence-electron chi connectivity index (χ3n) is 2.80. The molecule has 15 heavy (non-hydrogen) atoms. The molecule has 1 saturated carbocycles. The third kappa shape index (κ3) is 2.37. The Morgan fingerprint density at radius 3 is 2.93 bits per heavy atom. The summed E-state index contributed by atoms with van der Waals surface area (Å²) in [6.45, 7) is 0. The summed E-state index contributed by atoms with van der Waals surface area (Å²) < 4.78 is 14.7. The van der Waals surface area contributed by atoms with E-state index >= 15 is 0 Å². The number of alkyl halides is 1. The highest BCUT2D eigenvalue weighted by Gasteiger charge is 2.25. The van der Waals surface area contributed by atoms with Gasteiger partial charge in [0, 0.05) is 25.5 Å². The highest BCUT2D eigenvalue weighted by atomic mass is 19.1. The molecule has 0 aliphatic heterocycles. The molecule has 0 aromatic carbocycles. The van der Waals surface area contributed by atoms with Crippen LogP contribution in [0.2, 0.25) is 0 Å². The fraction of sp³-hybridized carbons (Fsp3) is 0.545. The van der Waals surface area contributed by atoms with Crippen molar-refractivity contribution in [2.45, 2.75) is 31.5 Å². The number of aryl methyl sites for hydroxylation is 1. The van der Waals surface area contributed by atoms with Crippen LogP contribution in [-0.4, -0.2) is 22.7 Å². The first-order chi connectivity index (χ1) is 7.15. The highest BCUT2D eigenvalue weighted by Crippen LogP contribution is 2.22. The van der Waals surface area contributed by atoms with Crippen LogP contribution in [-0.2, 0) is 7.05 Å². The third-order valence-corrected chi connectivity index (χ3v) is 2.80. The molecule has 1 aliphatic rings. The first-order valence-electron chi connectivity index (χ1n) is 5.22. The van der Waals surface area contributed by atoms with Gasteiger partial charge < -0.3 is 9.88 Å². The minimum absolute atomic E-state index is 0.00714. The van der Waals surface area contributed by atoms with Crippen molar-refractivity contribution < 1.29 is 9.18 Å². The average molecular weight is 210 g/mol. The van der Waals surface area contributed by atoms with Gasteiger partial charge in [-0.3, -0.25) is 4.79 Å². The normalized spacial score (nSPS) is 25.5. The number of rotatable bonds is 2. The van der Waals surface area contributed by atoms with Gasteiger partial charge in [0.25, 0.3) is 5.91 Å². The second kappa shape index (κ2) is 4.04. The van der Waals surface area contributed by atoms with Gasteiger partial charge in [-0.15, -0.1) is 0 Å². The fourth-order valence-corrected chi connectivity index (χ4v) is 1.96. The number of amides is 1. The number of aromatic nitrogens is 1. The Hall–Kier alpha value is -1.32. The molecule has 82 valence electrons. The van der Waals surface area contributed by atoms with E-state index in [1.54, 1.807) is 12.3 Å². The minimum Gasteiger partial charge on any atom is -0.356 e. The van der Waals surface area contributed by atoms with Gasteiger partial charge in [-0.1, -0.05) is 0 Å². The van der Waals surface area contributed by atoms with Crippen LogP contribution in [0.4, 0.5) is 4.39 Å². The molecule has 1 heterocycles. The van der Waals surface area contributed by atoms with E-state index in [9.17, 15) is 9.18 Å². The molecule has 1 amide bonds. The van der Waals surface area contributed by atoms with Crippen LogP contribution in [0.3, 0.4) is 0 Å². The first kappa shape index (κ1) is 10.2. The molecule has 4 heteroatoms. The summed E-state index contributed by atoms with van der Waals surface area (Å²) in [7, 11) is 1.87. The van der Waals surface area contributed by atoms with Crippen molar-refractivity contribution in [1.29, 1.82) is 0 Å². The Balaban J connectivity index is 1.92. The summed E-state index contributed by atoms with van der Waals surface area (Å²) in [6, 6.07) is 1.77. The van der Waals surface area contributed by atoms with E-state index in [0.717, 1.165) is 6.42 Å². The molecular weight excluding hydrogens is 195 g/mol. The summed E-state index contributed by atoms with van der Waals surface area (Å²) in [5.74, 6) is -0.102. The SMILES string of the molecule is Cn1ccc(C(=O)N[C@H]2CC[C@@H](F)C2)c1. The van der Waals surface area contributed by atoms with Crippen molar-refractivity contribution in [1.82, 2.24) is 9.88 Å². The largest absolute Gasteiger partial charge is 0.356 e. The van der Waals surface area contributed by atoms with Crippen molar-refractivity contribution in [3.8, 4) is 0 Å². The molecule has 0 spiro atoms. The van der Waals surface area contributed by atoms with Crippen LogP contribution in [0.15, 0.2) is 18.5 Å². The van der Waals surface area contributed by atoms with E-state index in [4.69, 9.17) is 0 Å². The van der Waals surface area contributed by atoms with Gasteiger partial charge in [0.15, 0.2) is 0 Å². The van der Waals surface area contributed by atoms with Gasteiger partial charge in [0.05, 0.1) is 5.56 Å². The second-order valence-electron chi connectivity index (χ2n) is 4.15. The van der Waals surface area contributed by atoms with Crippen molar-refractivity contribution in [3.63, 3.8) is 0 Å². The molecule has 3 nitrogen and oxygen atoms in total. The van der Waals surface area contributed by atoms with Crippen molar-refractivity contribution in [2.75, 3.05) is 0 Å². The van der Waals surface area contributed by atoms with Gasteiger partial charge in [-0.2, -0.15) is 0 Å². The van der Waals surface area contributed by atoms with Crippen LogP contribution in [0.1, 0.15) is 29.6 Å². The predicted molar refractivity (Wildman–Crippen MR) is 55.4 cm³/mol. The molecule has 2 rings (SSSR count). The molecular formula is C11H15FN2O. The van der Waals surface area contributed by atoms with E-state index in [0.29, 0.717) is 18.4 Å². The molecule has 0 radical (unpaired) electrons. The van der Waals surface area contributed by atoms with Gasteiger partial charge in [-0.25, -0.2) is 4.39 Å². The van der Waals surface area contributed by atoms with Gasteiger partial charge in [0.1, 0.15) is 6.17 Å². The Morgan fingerprint density at radius 2 is 2.40 bits per heavy atom. The van der Waals surface area contributed by atoms with Gasteiger partial charge >= 0.3 is 0 Å². The maximum atomic E-state index is 12.9. The number of nitrogens with one attached hydrogen (secondary N) is 1. The van der Waals surface area contributed by atoms with Gasteiger partial charge in [0.2, 0.25) is 0 Å².